The fourth-order valence-corrected chi connectivity index (χ4v) is 2.60. The molecule has 2 N–H and O–H groups in total. The van der Waals surface area contributed by atoms with Crippen molar-refractivity contribution in [3.63, 3.8) is 0 Å². The average molecular weight is 318 g/mol. The summed E-state index contributed by atoms with van der Waals surface area (Å²) >= 11 is 0. The van der Waals surface area contributed by atoms with Crippen molar-refractivity contribution in [1.82, 2.24) is 5.43 Å². The Balaban J connectivity index is 1.68. The molecule has 0 radical (unpaired) electrons. The Hall–Kier alpha value is -3.14. The lowest BCUT2D eigenvalue weighted by Gasteiger charge is -2.05. The molecule has 3 aromatic carbocycles. The number of aromatic hydroxyl groups is 1. The number of hydrogen-bond acceptors (Lipinski definition) is 3. The predicted octanol–water partition coefficient (Wildman–Crippen LogP) is 3.55. The molecule has 0 saturated heterocycles. The highest BCUT2D eigenvalue weighted by Crippen LogP contribution is 2.19. The van der Waals surface area contributed by atoms with Crippen LogP contribution in [0.2, 0.25) is 0 Å². The predicted molar refractivity (Wildman–Crippen MR) is 96.2 cm³/mol. The van der Waals surface area contributed by atoms with Crippen molar-refractivity contribution < 1.29 is 9.90 Å². The van der Waals surface area contributed by atoms with Gasteiger partial charge < -0.3 is 5.11 Å². The molecule has 0 saturated carbocycles. The van der Waals surface area contributed by atoms with Gasteiger partial charge in [-0.3, -0.25) is 4.79 Å². The van der Waals surface area contributed by atoms with E-state index in [-0.39, 0.29) is 18.1 Å². The minimum absolute atomic E-state index is 0.141. The summed E-state index contributed by atoms with van der Waals surface area (Å²) in [4.78, 5) is 12.1. The summed E-state index contributed by atoms with van der Waals surface area (Å²) in [5.74, 6) is -0.0590. The fraction of sp³-hybridized carbons (Fsp3) is 0.100. The zero-order valence-electron chi connectivity index (χ0n) is 13.4. The first-order chi connectivity index (χ1) is 11.6. The Morgan fingerprint density at radius 1 is 1.12 bits per heavy atom. The van der Waals surface area contributed by atoms with Crippen LogP contribution in [-0.4, -0.2) is 17.2 Å². The lowest BCUT2D eigenvalue weighted by atomic mass is 10.0. The van der Waals surface area contributed by atoms with E-state index in [2.05, 4.69) is 10.5 Å². The van der Waals surface area contributed by atoms with Crippen molar-refractivity contribution in [3.8, 4) is 5.75 Å². The van der Waals surface area contributed by atoms with E-state index in [0.717, 1.165) is 21.9 Å². The number of hydrogen-bond donors (Lipinski definition) is 2. The summed E-state index contributed by atoms with van der Waals surface area (Å²) in [7, 11) is 0. The number of amides is 1. The Morgan fingerprint density at radius 3 is 2.75 bits per heavy atom. The molecule has 3 aromatic rings. The lowest BCUT2D eigenvalue weighted by molar-refractivity contribution is -0.120. The van der Waals surface area contributed by atoms with Gasteiger partial charge in [0.1, 0.15) is 5.75 Å². The van der Waals surface area contributed by atoms with Crippen LogP contribution in [0.4, 0.5) is 0 Å². The van der Waals surface area contributed by atoms with E-state index in [1.807, 2.05) is 55.5 Å². The second-order valence-corrected chi connectivity index (χ2v) is 5.67. The van der Waals surface area contributed by atoms with Gasteiger partial charge in [-0.1, -0.05) is 48.5 Å². The molecular weight excluding hydrogens is 300 g/mol. The third kappa shape index (κ3) is 3.60. The number of hydrazone groups is 1. The molecule has 0 spiro atoms. The minimum atomic E-state index is -0.200. The quantitative estimate of drug-likeness (QED) is 0.571. The number of phenols is 1. The number of carbonyl (C=O) groups excluding carboxylic acids is 1. The van der Waals surface area contributed by atoms with E-state index in [1.54, 1.807) is 12.1 Å². The van der Waals surface area contributed by atoms with Crippen LogP contribution in [0.15, 0.2) is 65.8 Å². The number of benzene rings is 3. The highest BCUT2D eigenvalue weighted by atomic mass is 16.3. The number of phenolic OH excluding ortho intramolecular Hbond substituents is 1. The van der Waals surface area contributed by atoms with Crippen molar-refractivity contribution in [2.75, 3.05) is 0 Å². The number of carbonyl (C=O) groups is 1. The number of fused-ring (bicyclic) bond motifs is 1. The van der Waals surface area contributed by atoms with Crippen LogP contribution in [0.1, 0.15) is 16.7 Å². The summed E-state index contributed by atoms with van der Waals surface area (Å²) in [6, 6.07) is 19.2. The van der Waals surface area contributed by atoms with Gasteiger partial charge in [-0.25, -0.2) is 5.43 Å². The number of nitrogens with one attached hydrogen (secondary N) is 1. The average Bonchev–Trinajstić information content (AvgIpc) is 2.57. The van der Waals surface area contributed by atoms with Gasteiger partial charge in [0.25, 0.3) is 0 Å². The first kappa shape index (κ1) is 15.7. The zero-order chi connectivity index (χ0) is 16.9. The number of aryl methyl sites for hydroxylation is 1. The first-order valence-electron chi connectivity index (χ1n) is 7.71. The summed E-state index contributed by atoms with van der Waals surface area (Å²) in [6.07, 6.45) is 1.69. The van der Waals surface area contributed by atoms with E-state index in [1.165, 1.54) is 6.21 Å². The van der Waals surface area contributed by atoms with Gasteiger partial charge in [0.2, 0.25) is 5.91 Å². The van der Waals surface area contributed by atoms with Gasteiger partial charge in [0.05, 0.1) is 12.6 Å². The van der Waals surface area contributed by atoms with Crippen LogP contribution in [0, 0.1) is 6.92 Å². The van der Waals surface area contributed by atoms with Crippen molar-refractivity contribution in [2.45, 2.75) is 13.3 Å². The molecule has 3 rings (SSSR count). The lowest BCUT2D eigenvalue weighted by Crippen LogP contribution is -2.19. The summed E-state index contributed by atoms with van der Waals surface area (Å²) in [6.45, 7) is 1.90. The zero-order valence-corrected chi connectivity index (χ0v) is 13.4. The molecule has 1 amide bonds. The van der Waals surface area contributed by atoms with E-state index in [0.29, 0.717) is 5.56 Å². The minimum Gasteiger partial charge on any atom is -0.507 e. The summed E-state index contributed by atoms with van der Waals surface area (Å²) < 4.78 is 0. The van der Waals surface area contributed by atoms with Crippen LogP contribution in [-0.2, 0) is 11.2 Å². The summed E-state index contributed by atoms with van der Waals surface area (Å²) in [5, 5.41) is 15.9. The molecule has 0 heterocycles. The Kier molecular flexibility index (Phi) is 4.57. The Morgan fingerprint density at radius 2 is 1.92 bits per heavy atom. The fourth-order valence-electron chi connectivity index (χ4n) is 2.60. The van der Waals surface area contributed by atoms with E-state index < -0.39 is 0 Å². The molecule has 0 aliphatic heterocycles. The van der Waals surface area contributed by atoms with Crippen molar-refractivity contribution in [3.05, 3.63) is 77.4 Å². The maximum absolute atomic E-state index is 12.1. The molecule has 24 heavy (non-hydrogen) atoms. The van der Waals surface area contributed by atoms with Crippen molar-refractivity contribution in [1.29, 1.82) is 0 Å². The first-order valence-corrected chi connectivity index (χ1v) is 7.71. The molecule has 0 bridgehead atoms. The molecule has 4 nitrogen and oxygen atoms in total. The van der Waals surface area contributed by atoms with Gasteiger partial charge in [0, 0.05) is 5.56 Å². The van der Waals surface area contributed by atoms with Crippen LogP contribution < -0.4 is 5.43 Å². The monoisotopic (exact) mass is 318 g/mol. The largest absolute Gasteiger partial charge is 0.507 e. The normalized spacial score (nSPS) is 11.0. The SMILES string of the molecule is Cc1ccc(/C=N\NC(=O)Cc2cccc3ccccc23)c(O)c1. The second-order valence-electron chi connectivity index (χ2n) is 5.67. The maximum Gasteiger partial charge on any atom is 0.244 e. The molecule has 0 fully saturated rings. The van der Waals surface area contributed by atoms with Crippen molar-refractivity contribution in [2.24, 2.45) is 5.10 Å². The molecule has 0 atom stereocenters. The van der Waals surface area contributed by atoms with E-state index >= 15 is 0 Å². The van der Waals surface area contributed by atoms with Crippen LogP contribution in [0.3, 0.4) is 0 Å². The summed E-state index contributed by atoms with van der Waals surface area (Å²) in [5.41, 5.74) is 4.99. The third-order valence-corrected chi connectivity index (χ3v) is 3.81. The molecule has 120 valence electrons. The van der Waals surface area contributed by atoms with E-state index in [9.17, 15) is 9.90 Å². The highest BCUT2D eigenvalue weighted by molar-refractivity contribution is 5.91. The Bertz CT molecular complexity index is 911. The third-order valence-electron chi connectivity index (χ3n) is 3.81. The number of nitrogens with zero attached hydrogens (tertiary/aromatic N) is 1. The van der Waals surface area contributed by atoms with Crippen molar-refractivity contribution >= 4 is 22.9 Å². The standard InChI is InChI=1S/C20H18N2O2/c1-14-9-10-17(19(23)11-14)13-21-22-20(24)12-16-7-4-6-15-5-2-3-8-18(15)16/h2-11,13,23H,12H2,1H3,(H,22,24)/b21-13-. The molecular formula is C20H18N2O2. The van der Waals surface area contributed by atoms with Gasteiger partial charge in [-0.2, -0.15) is 5.10 Å². The number of rotatable bonds is 4. The van der Waals surface area contributed by atoms with Gasteiger partial charge in [-0.15, -0.1) is 0 Å². The molecule has 0 unspecified atom stereocenters. The molecule has 4 heteroatoms. The van der Waals surface area contributed by atoms with Crippen LogP contribution in [0.5, 0.6) is 5.75 Å². The smallest absolute Gasteiger partial charge is 0.244 e. The van der Waals surface area contributed by atoms with E-state index in [4.69, 9.17) is 0 Å². The second kappa shape index (κ2) is 6.96. The maximum atomic E-state index is 12.1. The van der Waals surface area contributed by atoms with Crippen LogP contribution in [0.25, 0.3) is 10.8 Å². The molecule has 0 aliphatic rings. The topological polar surface area (TPSA) is 61.7 Å². The highest BCUT2D eigenvalue weighted by Gasteiger charge is 2.06. The van der Waals surface area contributed by atoms with Gasteiger partial charge in [0.15, 0.2) is 0 Å². The van der Waals surface area contributed by atoms with Crippen LogP contribution >= 0.6 is 0 Å². The Labute approximate surface area is 140 Å². The molecule has 0 aromatic heterocycles. The van der Waals surface area contributed by atoms with Gasteiger partial charge in [-0.05, 0) is 41.0 Å². The van der Waals surface area contributed by atoms with Gasteiger partial charge >= 0.3 is 0 Å². The molecule has 0 aliphatic carbocycles.